The Bertz CT molecular complexity index is 569. The highest BCUT2D eigenvalue weighted by atomic mass is 16.6. The molecule has 0 unspecified atom stereocenters. The first-order valence-electron chi connectivity index (χ1n) is 7.87. The standard InChI is InChI=1S/C16H21N3O4/c1-11(14-3-2-9-22-14)17-15(20)18-12-4-6-13(7-5-12)19-8-10-23-16(19)21/h4-7,11,14H,2-3,8-10H2,1H3,(H2,17,18,20)/t11-,14+/m0/s1. The van der Waals surface area contributed by atoms with E-state index in [0.717, 1.165) is 25.1 Å². The fourth-order valence-electron chi connectivity index (χ4n) is 2.82. The first-order chi connectivity index (χ1) is 11.1. The fourth-order valence-corrected chi connectivity index (χ4v) is 2.82. The Hall–Kier alpha value is -2.28. The molecule has 1 aromatic carbocycles. The summed E-state index contributed by atoms with van der Waals surface area (Å²) in [5.41, 5.74) is 1.42. The summed E-state index contributed by atoms with van der Waals surface area (Å²) in [7, 11) is 0. The molecule has 2 fully saturated rings. The number of rotatable bonds is 4. The maximum Gasteiger partial charge on any atom is 0.414 e. The van der Waals surface area contributed by atoms with E-state index in [4.69, 9.17) is 9.47 Å². The summed E-state index contributed by atoms with van der Waals surface area (Å²) in [6.07, 6.45) is 1.76. The van der Waals surface area contributed by atoms with Crippen molar-refractivity contribution >= 4 is 23.5 Å². The van der Waals surface area contributed by atoms with E-state index in [1.807, 2.05) is 6.92 Å². The van der Waals surface area contributed by atoms with Gasteiger partial charge in [0.2, 0.25) is 0 Å². The minimum absolute atomic E-state index is 0.0313. The lowest BCUT2D eigenvalue weighted by Gasteiger charge is -2.20. The second-order valence-corrected chi connectivity index (χ2v) is 5.75. The van der Waals surface area contributed by atoms with Crippen LogP contribution < -0.4 is 15.5 Å². The molecule has 0 spiro atoms. The van der Waals surface area contributed by atoms with Crippen LogP contribution in [0.2, 0.25) is 0 Å². The van der Waals surface area contributed by atoms with Crippen LogP contribution in [0, 0.1) is 0 Å². The Morgan fingerprint density at radius 3 is 2.70 bits per heavy atom. The Morgan fingerprint density at radius 2 is 2.09 bits per heavy atom. The second-order valence-electron chi connectivity index (χ2n) is 5.75. The number of amides is 3. The molecule has 0 bridgehead atoms. The van der Waals surface area contributed by atoms with Crippen molar-refractivity contribution < 1.29 is 19.1 Å². The fraction of sp³-hybridized carbons (Fsp3) is 0.500. The van der Waals surface area contributed by atoms with E-state index in [9.17, 15) is 9.59 Å². The van der Waals surface area contributed by atoms with E-state index < -0.39 is 0 Å². The molecule has 124 valence electrons. The van der Waals surface area contributed by atoms with E-state index in [0.29, 0.717) is 18.8 Å². The third kappa shape index (κ3) is 3.73. The number of hydrogen-bond donors (Lipinski definition) is 2. The zero-order chi connectivity index (χ0) is 16.2. The number of carbonyl (C=O) groups excluding carboxylic acids is 2. The number of cyclic esters (lactones) is 1. The molecule has 7 nitrogen and oxygen atoms in total. The predicted octanol–water partition coefficient (Wildman–Crippen LogP) is 2.33. The highest BCUT2D eigenvalue weighted by Gasteiger charge is 2.24. The van der Waals surface area contributed by atoms with Crippen molar-refractivity contribution in [1.29, 1.82) is 0 Å². The molecule has 0 saturated carbocycles. The van der Waals surface area contributed by atoms with Crippen LogP contribution in [-0.2, 0) is 9.47 Å². The van der Waals surface area contributed by atoms with Gasteiger partial charge < -0.3 is 20.1 Å². The van der Waals surface area contributed by atoms with Crippen molar-refractivity contribution in [3.05, 3.63) is 24.3 Å². The lowest BCUT2D eigenvalue weighted by molar-refractivity contribution is 0.0868. The average Bonchev–Trinajstić information content (AvgIpc) is 3.19. The molecule has 0 radical (unpaired) electrons. The minimum atomic E-state index is -0.339. The predicted molar refractivity (Wildman–Crippen MR) is 85.7 cm³/mol. The first kappa shape index (κ1) is 15.6. The number of nitrogens with one attached hydrogen (secondary N) is 2. The Labute approximate surface area is 134 Å². The van der Waals surface area contributed by atoms with Gasteiger partial charge in [-0.15, -0.1) is 0 Å². The molecule has 2 aliphatic heterocycles. The van der Waals surface area contributed by atoms with Crippen LogP contribution >= 0.6 is 0 Å². The number of hydrogen-bond acceptors (Lipinski definition) is 4. The van der Waals surface area contributed by atoms with Gasteiger partial charge in [0.05, 0.1) is 18.7 Å². The number of nitrogens with zero attached hydrogens (tertiary/aromatic N) is 1. The number of anilines is 2. The largest absolute Gasteiger partial charge is 0.447 e. The molecule has 2 saturated heterocycles. The zero-order valence-electron chi connectivity index (χ0n) is 13.1. The topological polar surface area (TPSA) is 79.9 Å². The smallest absolute Gasteiger partial charge is 0.414 e. The molecular formula is C16H21N3O4. The molecule has 0 aromatic heterocycles. The van der Waals surface area contributed by atoms with E-state index in [1.54, 1.807) is 29.2 Å². The quantitative estimate of drug-likeness (QED) is 0.892. The van der Waals surface area contributed by atoms with Gasteiger partial charge in [-0.05, 0) is 44.0 Å². The Morgan fingerprint density at radius 1 is 1.30 bits per heavy atom. The second kappa shape index (κ2) is 6.87. The molecule has 2 heterocycles. The summed E-state index contributed by atoms with van der Waals surface area (Å²) in [6, 6.07) is 6.80. The normalized spacial score (nSPS) is 21.9. The lowest BCUT2D eigenvalue weighted by atomic mass is 10.1. The third-order valence-electron chi connectivity index (χ3n) is 4.08. The summed E-state index contributed by atoms with van der Waals surface area (Å²) in [5, 5.41) is 5.67. The van der Waals surface area contributed by atoms with Gasteiger partial charge in [0.25, 0.3) is 0 Å². The molecule has 23 heavy (non-hydrogen) atoms. The van der Waals surface area contributed by atoms with Crippen LogP contribution in [0.15, 0.2) is 24.3 Å². The molecule has 0 aliphatic carbocycles. The summed E-state index contributed by atoms with van der Waals surface area (Å²) < 4.78 is 10.5. The van der Waals surface area contributed by atoms with Crippen LogP contribution in [-0.4, -0.2) is 44.0 Å². The minimum Gasteiger partial charge on any atom is -0.447 e. The number of ether oxygens (including phenoxy) is 2. The monoisotopic (exact) mass is 319 g/mol. The van der Waals surface area contributed by atoms with Crippen molar-refractivity contribution in [2.45, 2.75) is 31.9 Å². The zero-order valence-corrected chi connectivity index (χ0v) is 13.1. The number of benzene rings is 1. The maximum atomic E-state index is 12.0. The van der Waals surface area contributed by atoms with Crippen molar-refractivity contribution in [2.75, 3.05) is 30.0 Å². The summed E-state index contributed by atoms with van der Waals surface area (Å²) in [5.74, 6) is 0. The van der Waals surface area contributed by atoms with Crippen molar-refractivity contribution in [2.24, 2.45) is 0 Å². The van der Waals surface area contributed by atoms with E-state index in [2.05, 4.69) is 10.6 Å². The summed E-state index contributed by atoms with van der Waals surface area (Å²) in [6.45, 7) is 3.66. The van der Waals surface area contributed by atoms with E-state index in [-0.39, 0.29) is 24.3 Å². The highest BCUT2D eigenvalue weighted by Crippen LogP contribution is 2.21. The van der Waals surface area contributed by atoms with Gasteiger partial charge in [-0.3, -0.25) is 4.90 Å². The highest BCUT2D eigenvalue weighted by molar-refractivity contribution is 5.91. The molecule has 2 N–H and O–H groups in total. The Kier molecular flexibility index (Phi) is 4.66. The van der Waals surface area contributed by atoms with Crippen LogP contribution in [0.3, 0.4) is 0 Å². The number of urea groups is 1. The van der Waals surface area contributed by atoms with Gasteiger partial charge in [0, 0.05) is 18.0 Å². The van der Waals surface area contributed by atoms with Crippen LogP contribution in [0.4, 0.5) is 21.0 Å². The molecule has 7 heteroatoms. The maximum absolute atomic E-state index is 12.0. The van der Waals surface area contributed by atoms with Crippen molar-refractivity contribution in [1.82, 2.24) is 5.32 Å². The van der Waals surface area contributed by atoms with Crippen LogP contribution in [0.1, 0.15) is 19.8 Å². The molecule has 1 aromatic rings. The van der Waals surface area contributed by atoms with Gasteiger partial charge in [0.1, 0.15) is 6.61 Å². The lowest BCUT2D eigenvalue weighted by Crippen LogP contribution is -2.42. The summed E-state index contributed by atoms with van der Waals surface area (Å²) in [4.78, 5) is 25.1. The SMILES string of the molecule is C[C@H](NC(=O)Nc1ccc(N2CCOC2=O)cc1)[C@H]1CCCO1. The third-order valence-corrected chi connectivity index (χ3v) is 4.08. The van der Waals surface area contributed by atoms with Crippen LogP contribution in [0.5, 0.6) is 0 Å². The van der Waals surface area contributed by atoms with Gasteiger partial charge in [0.15, 0.2) is 0 Å². The van der Waals surface area contributed by atoms with Gasteiger partial charge in [-0.25, -0.2) is 9.59 Å². The Balaban J connectivity index is 1.53. The first-order valence-corrected chi connectivity index (χ1v) is 7.87. The summed E-state index contributed by atoms with van der Waals surface area (Å²) >= 11 is 0. The van der Waals surface area contributed by atoms with Crippen molar-refractivity contribution in [3.63, 3.8) is 0 Å². The molecule has 3 amide bonds. The molecule has 2 atom stereocenters. The van der Waals surface area contributed by atoms with Gasteiger partial charge in [-0.1, -0.05) is 0 Å². The van der Waals surface area contributed by atoms with Gasteiger partial charge in [-0.2, -0.15) is 0 Å². The van der Waals surface area contributed by atoms with Gasteiger partial charge >= 0.3 is 12.1 Å². The molecule has 2 aliphatic rings. The molecular weight excluding hydrogens is 298 g/mol. The van der Waals surface area contributed by atoms with E-state index >= 15 is 0 Å². The molecule has 3 rings (SSSR count). The van der Waals surface area contributed by atoms with Crippen molar-refractivity contribution in [3.8, 4) is 0 Å². The average molecular weight is 319 g/mol. The van der Waals surface area contributed by atoms with Crippen LogP contribution in [0.25, 0.3) is 0 Å². The van der Waals surface area contributed by atoms with E-state index in [1.165, 1.54) is 0 Å². The number of carbonyl (C=O) groups is 2.